The molecule has 1 aromatic heterocycles. The first-order valence-corrected chi connectivity index (χ1v) is 6.82. The van der Waals surface area contributed by atoms with E-state index in [0.29, 0.717) is 18.9 Å². The number of carbonyl (C=O) groups is 2. The van der Waals surface area contributed by atoms with Crippen LogP contribution in [0.5, 0.6) is 0 Å². The zero-order valence-corrected chi connectivity index (χ0v) is 12.4. The number of hydrogen-bond acceptors (Lipinski definition) is 3. The Kier molecular flexibility index (Phi) is 3.32. The molecular weight excluding hydrogens is 284 g/mol. The van der Waals surface area contributed by atoms with Gasteiger partial charge in [-0.15, -0.1) is 0 Å². The fourth-order valence-corrected chi connectivity index (χ4v) is 2.55. The normalized spacial score (nSPS) is 14.2. The molecule has 0 spiro atoms. The lowest BCUT2D eigenvalue weighted by atomic mass is 10.1. The van der Waals surface area contributed by atoms with Gasteiger partial charge in [0.15, 0.2) is 5.82 Å². The van der Waals surface area contributed by atoms with Crippen LogP contribution in [0.4, 0.5) is 10.6 Å². The number of benzene rings is 1. The summed E-state index contributed by atoms with van der Waals surface area (Å²) in [4.78, 5) is 30.7. The van der Waals surface area contributed by atoms with Crippen molar-refractivity contribution in [3.63, 3.8) is 0 Å². The fourth-order valence-electron chi connectivity index (χ4n) is 2.55. The highest BCUT2D eigenvalue weighted by Crippen LogP contribution is 2.26. The van der Waals surface area contributed by atoms with Crippen LogP contribution in [0.25, 0.3) is 0 Å². The third kappa shape index (κ3) is 2.30. The maximum atomic E-state index is 12.4. The van der Waals surface area contributed by atoms with Gasteiger partial charge in [-0.2, -0.15) is 0 Å². The standard InChI is InChI=1S/C15H16N4O3/c1-17-9-16-13-12(17)8-19(15(22)18(13)2)7-10-3-5-11(6-4-10)14(20)21/h3-6,9H,7-8H2,1-2H3,(H,20,21). The van der Waals surface area contributed by atoms with Crippen molar-refractivity contribution in [2.45, 2.75) is 13.1 Å². The van der Waals surface area contributed by atoms with Crippen molar-refractivity contribution in [1.29, 1.82) is 0 Å². The molecule has 0 atom stereocenters. The van der Waals surface area contributed by atoms with E-state index in [4.69, 9.17) is 5.11 Å². The summed E-state index contributed by atoms with van der Waals surface area (Å²) in [7, 11) is 3.60. The molecule has 7 nitrogen and oxygen atoms in total. The largest absolute Gasteiger partial charge is 0.478 e. The van der Waals surface area contributed by atoms with E-state index in [-0.39, 0.29) is 11.6 Å². The number of aromatic carboxylic acids is 1. The van der Waals surface area contributed by atoms with Gasteiger partial charge in [-0.05, 0) is 17.7 Å². The van der Waals surface area contributed by atoms with Crippen molar-refractivity contribution in [2.24, 2.45) is 7.05 Å². The lowest BCUT2D eigenvalue weighted by Crippen LogP contribution is -2.45. The molecule has 2 amide bonds. The molecule has 7 heteroatoms. The summed E-state index contributed by atoms with van der Waals surface area (Å²) in [6.07, 6.45) is 1.69. The Morgan fingerprint density at radius 3 is 2.59 bits per heavy atom. The molecule has 2 heterocycles. The molecule has 1 N–H and O–H groups in total. The number of amides is 2. The lowest BCUT2D eigenvalue weighted by molar-refractivity contribution is 0.0697. The first-order valence-electron chi connectivity index (χ1n) is 6.82. The molecule has 0 saturated carbocycles. The maximum Gasteiger partial charge on any atom is 0.335 e. The number of carboxylic acids is 1. The Morgan fingerprint density at radius 2 is 1.95 bits per heavy atom. The van der Waals surface area contributed by atoms with E-state index in [1.807, 2.05) is 11.6 Å². The lowest BCUT2D eigenvalue weighted by Gasteiger charge is -2.32. The number of imidazole rings is 1. The Hall–Kier alpha value is -2.83. The monoisotopic (exact) mass is 300 g/mol. The summed E-state index contributed by atoms with van der Waals surface area (Å²) in [5.41, 5.74) is 2.10. The second-order valence-corrected chi connectivity index (χ2v) is 5.33. The van der Waals surface area contributed by atoms with E-state index in [1.165, 1.54) is 4.90 Å². The van der Waals surface area contributed by atoms with Crippen LogP contribution in [0.3, 0.4) is 0 Å². The van der Waals surface area contributed by atoms with Gasteiger partial charge in [0.1, 0.15) is 0 Å². The van der Waals surface area contributed by atoms with E-state index in [0.717, 1.165) is 11.3 Å². The van der Waals surface area contributed by atoms with Crippen molar-refractivity contribution in [3.05, 3.63) is 47.4 Å². The third-order valence-corrected chi connectivity index (χ3v) is 3.83. The number of carbonyl (C=O) groups excluding carboxylic acids is 1. The Labute approximate surface area is 127 Å². The Bertz CT molecular complexity index is 736. The van der Waals surface area contributed by atoms with Crippen LogP contribution in [-0.4, -0.2) is 38.6 Å². The van der Waals surface area contributed by atoms with Gasteiger partial charge in [0, 0.05) is 20.6 Å². The zero-order valence-electron chi connectivity index (χ0n) is 12.4. The van der Waals surface area contributed by atoms with Gasteiger partial charge in [-0.25, -0.2) is 14.6 Å². The molecule has 1 aromatic carbocycles. The van der Waals surface area contributed by atoms with Gasteiger partial charge in [-0.3, -0.25) is 4.90 Å². The van der Waals surface area contributed by atoms with E-state index >= 15 is 0 Å². The van der Waals surface area contributed by atoms with Gasteiger partial charge < -0.3 is 14.6 Å². The summed E-state index contributed by atoms with van der Waals surface area (Å²) in [6.45, 7) is 0.906. The molecule has 0 saturated heterocycles. The SMILES string of the molecule is CN1C(=O)N(Cc2ccc(C(=O)O)cc2)Cc2c1ncn2C. The molecule has 0 aliphatic carbocycles. The quantitative estimate of drug-likeness (QED) is 0.935. The highest BCUT2D eigenvalue weighted by molar-refractivity contribution is 5.93. The maximum absolute atomic E-state index is 12.4. The molecule has 22 heavy (non-hydrogen) atoms. The fraction of sp³-hybridized carbons (Fsp3) is 0.267. The molecule has 3 rings (SSSR count). The van der Waals surface area contributed by atoms with Crippen LogP contribution < -0.4 is 4.90 Å². The van der Waals surface area contributed by atoms with E-state index < -0.39 is 5.97 Å². The van der Waals surface area contributed by atoms with E-state index in [2.05, 4.69) is 4.98 Å². The number of hydrogen-bond donors (Lipinski definition) is 1. The second kappa shape index (κ2) is 5.18. The van der Waals surface area contributed by atoms with Crippen LogP contribution in [0.1, 0.15) is 21.6 Å². The van der Waals surface area contributed by atoms with Crippen LogP contribution in [0.2, 0.25) is 0 Å². The molecule has 1 aliphatic rings. The number of nitrogens with zero attached hydrogens (tertiary/aromatic N) is 4. The number of aryl methyl sites for hydroxylation is 1. The average Bonchev–Trinajstić information content (AvgIpc) is 2.86. The number of aromatic nitrogens is 2. The van der Waals surface area contributed by atoms with Crippen LogP contribution in [0, 0.1) is 0 Å². The molecule has 0 radical (unpaired) electrons. The van der Waals surface area contributed by atoms with E-state index in [9.17, 15) is 9.59 Å². The first kappa shape index (κ1) is 14.1. The third-order valence-electron chi connectivity index (χ3n) is 3.83. The molecule has 1 aliphatic heterocycles. The minimum atomic E-state index is -0.958. The number of carboxylic acid groups (broad SMARTS) is 1. The van der Waals surface area contributed by atoms with Crippen molar-refractivity contribution in [3.8, 4) is 0 Å². The number of urea groups is 1. The van der Waals surface area contributed by atoms with Crippen molar-refractivity contribution in [2.75, 3.05) is 11.9 Å². The number of fused-ring (bicyclic) bond motifs is 1. The zero-order chi connectivity index (χ0) is 15.9. The van der Waals surface area contributed by atoms with E-state index in [1.54, 1.807) is 42.5 Å². The molecular formula is C15H16N4O3. The van der Waals surface area contributed by atoms with Crippen LogP contribution in [-0.2, 0) is 20.1 Å². The first-order chi connectivity index (χ1) is 10.5. The van der Waals surface area contributed by atoms with Gasteiger partial charge in [-0.1, -0.05) is 12.1 Å². The van der Waals surface area contributed by atoms with Crippen LogP contribution in [0.15, 0.2) is 30.6 Å². The van der Waals surface area contributed by atoms with Crippen molar-refractivity contribution in [1.82, 2.24) is 14.5 Å². The summed E-state index contributed by atoms with van der Waals surface area (Å²) < 4.78 is 1.90. The number of anilines is 1. The Morgan fingerprint density at radius 1 is 1.27 bits per heavy atom. The average molecular weight is 300 g/mol. The molecule has 0 fully saturated rings. The minimum Gasteiger partial charge on any atom is -0.478 e. The summed E-state index contributed by atoms with van der Waals surface area (Å²) >= 11 is 0. The number of rotatable bonds is 3. The molecule has 2 aromatic rings. The highest BCUT2D eigenvalue weighted by atomic mass is 16.4. The summed E-state index contributed by atoms with van der Waals surface area (Å²) in [6, 6.07) is 6.44. The minimum absolute atomic E-state index is 0.117. The smallest absolute Gasteiger partial charge is 0.335 e. The predicted octanol–water partition coefficient (Wildman–Crippen LogP) is 1.69. The van der Waals surface area contributed by atoms with Gasteiger partial charge in [0.2, 0.25) is 0 Å². The summed E-state index contributed by atoms with van der Waals surface area (Å²) in [5.74, 6) is -0.273. The van der Waals surface area contributed by atoms with Gasteiger partial charge >= 0.3 is 12.0 Å². The second-order valence-electron chi connectivity index (χ2n) is 5.33. The van der Waals surface area contributed by atoms with Crippen molar-refractivity contribution >= 4 is 17.8 Å². The van der Waals surface area contributed by atoms with Crippen LogP contribution >= 0.6 is 0 Å². The Balaban J connectivity index is 1.82. The molecule has 0 bridgehead atoms. The van der Waals surface area contributed by atoms with Gasteiger partial charge in [0.25, 0.3) is 0 Å². The van der Waals surface area contributed by atoms with Crippen molar-refractivity contribution < 1.29 is 14.7 Å². The topological polar surface area (TPSA) is 78.7 Å². The molecule has 114 valence electrons. The summed E-state index contributed by atoms with van der Waals surface area (Å²) in [5, 5.41) is 8.91. The molecule has 0 unspecified atom stereocenters. The van der Waals surface area contributed by atoms with Gasteiger partial charge in [0.05, 0.1) is 24.1 Å². The predicted molar refractivity (Wildman–Crippen MR) is 79.7 cm³/mol. The highest BCUT2D eigenvalue weighted by Gasteiger charge is 2.30.